The topological polar surface area (TPSA) is 69.7 Å². The third kappa shape index (κ3) is 3.08. The first-order valence-corrected chi connectivity index (χ1v) is 9.39. The number of amides is 3. The third-order valence-electron chi connectivity index (χ3n) is 5.33. The molecule has 3 rings (SSSR count). The van der Waals surface area contributed by atoms with Gasteiger partial charge in [0.25, 0.3) is 5.91 Å². The number of nitrogens with one attached hydrogen (secondary N) is 1. The van der Waals surface area contributed by atoms with Crippen molar-refractivity contribution in [3.05, 3.63) is 23.8 Å². The van der Waals surface area contributed by atoms with Gasteiger partial charge in [-0.3, -0.25) is 19.3 Å². The van der Waals surface area contributed by atoms with Gasteiger partial charge in [-0.25, -0.2) is 0 Å². The number of hydrogen-bond acceptors (Lipinski definition) is 3. The summed E-state index contributed by atoms with van der Waals surface area (Å²) in [5, 5.41) is 3.02. The van der Waals surface area contributed by atoms with E-state index in [4.69, 9.17) is 0 Å². The first-order valence-electron chi connectivity index (χ1n) is 9.39. The Bertz CT molecular complexity index is 757. The van der Waals surface area contributed by atoms with Crippen molar-refractivity contribution in [3.63, 3.8) is 0 Å². The standard InChI is InChI=1S/C20H27N3O3/c1-5-11-22-16-12-13(18(25)21-20(3,4)6-2)7-8-14(16)23-15(19(22)26)9-10-17(23)24/h7-8,12,15H,5-6,9-11H2,1-4H3,(H,21,25)/t15-/m0/s1. The molecule has 0 radical (unpaired) electrons. The van der Waals surface area contributed by atoms with Crippen molar-refractivity contribution >= 4 is 29.1 Å². The monoisotopic (exact) mass is 357 g/mol. The predicted octanol–water partition coefficient (Wildman–Crippen LogP) is 2.86. The van der Waals surface area contributed by atoms with Crippen LogP contribution in [0, 0.1) is 0 Å². The van der Waals surface area contributed by atoms with Crippen LogP contribution >= 0.6 is 0 Å². The summed E-state index contributed by atoms with van der Waals surface area (Å²) in [7, 11) is 0. The van der Waals surface area contributed by atoms with Gasteiger partial charge in [0.05, 0.1) is 11.4 Å². The number of hydrogen-bond donors (Lipinski definition) is 1. The number of anilines is 2. The lowest BCUT2D eigenvalue weighted by Gasteiger charge is -2.38. The summed E-state index contributed by atoms with van der Waals surface area (Å²) in [6.07, 6.45) is 2.58. The quantitative estimate of drug-likeness (QED) is 0.881. The number of fused-ring (bicyclic) bond motifs is 3. The Kier molecular flexibility index (Phi) is 4.78. The Morgan fingerprint density at radius 3 is 2.62 bits per heavy atom. The average molecular weight is 357 g/mol. The van der Waals surface area contributed by atoms with Crippen molar-refractivity contribution in [1.82, 2.24) is 5.32 Å². The number of carbonyl (C=O) groups excluding carboxylic acids is 3. The van der Waals surface area contributed by atoms with Crippen molar-refractivity contribution in [2.24, 2.45) is 0 Å². The Morgan fingerprint density at radius 1 is 1.23 bits per heavy atom. The van der Waals surface area contributed by atoms with E-state index in [2.05, 4.69) is 5.32 Å². The fraction of sp³-hybridized carbons (Fsp3) is 0.550. The van der Waals surface area contributed by atoms with E-state index >= 15 is 0 Å². The highest BCUT2D eigenvalue weighted by molar-refractivity contribution is 6.15. The first kappa shape index (κ1) is 18.4. The summed E-state index contributed by atoms with van der Waals surface area (Å²) in [5.74, 6) is -0.236. The molecule has 3 amide bonds. The highest BCUT2D eigenvalue weighted by atomic mass is 16.2. The molecule has 1 aromatic rings. The van der Waals surface area contributed by atoms with Crippen LogP contribution < -0.4 is 15.1 Å². The van der Waals surface area contributed by atoms with Crippen LogP contribution in [0.4, 0.5) is 11.4 Å². The molecule has 1 fully saturated rings. The highest BCUT2D eigenvalue weighted by Gasteiger charge is 2.44. The van der Waals surface area contributed by atoms with Crippen molar-refractivity contribution in [3.8, 4) is 0 Å². The predicted molar refractivity (Wildman–Crippen MR) is 101 cm³/mol. The second-order valence-corrected chi connectivity index (χ2v) is 7.70. The van der Waals surface area contributed by atoms with Crippen LogP contribution in [0.1, 0.15) is 63.7 Å². The molecule has 1 aromatic carbocycles. The Labute approximate surface area is 154 Å². The molecule has 1 atom stereocenters. The van der Waals surface area contributed by atoms with Gasteiger partial charge in [0.1, 0.15) is 6.04 Å². The molecule has 6 heteroatoms. The zero-order chi connectivity index (χ0) is 19.1. The molecule has 2 aliphatic heterocycles. The maximum absolute atomic E-state index is 12.9. The zero-order valence-corrected chi connectivity index (χ0v) is 16.0. The molecule has 0 spiro atoms. The van der Waals surface area contributed by atoms with E-state index in [1.54, 1.807) is 28.0 Å². The fourth-order valence-electron chi connectivity index (χ4n) is 3.53. The van der Waals surface area contributed by atoms with Crippen molar-refractivity contribution in [1.29, 1.82) is 0 Å². The lowest BCUT2D eigenvalue weighted by atomic mass is 10.00. The number of nitrogens with zero attached hydrogens (tertiary/aromatic N) is 2. The smallest absolute Gasteiger partial charge is 0.251 e. The molecule has 0 saturated carbocycles. The lowest BCUT2D eigenvalue weighted by Crippen LogP contribution is -2.52. The Balaban J connectivity index is 2.01. The summed E-state index contributed by atoms with van der Waals surface area (Å²) in [6.45, 7) is 8.57. The summed E-state index contributed by atoms with van der Waals surface area (Å²) in [4.78, 5) is 41.2. The molecule has 140 valence electrons. The zero-order valence-electron chi connectivity index (χ0n) is 16.0. The van der Waals surface area contributed by atoms with Gasteiger partial charge in [-0.15, -0.1) is 0 Å². The van der Waals surface area contributed by atoms with E-state index in [-0.39, 0.29) is 23.3 Å². The highest BCUT2D eigenvalue weighted by Crippen LogP contribution is 2.41. The van der Waals surface area contributed by atoms with E-state index in [0.717, 1.165) is 18.5 Å². The minimum absolute atomic E-state index is 0.0231. The number of benzene rings is 1. The second kappa shape index (κ2) is 6.74. The largest absolute Gasteiger partial charge is 0.347 e. The van der Waals surface area contributed by atoms with Crippen molar-refractivity contribution in [2.45, 2.75) is 65.0 Å². The molecule has 26 heavy (non-hydrogen) atoms. The van der Waals surface area contributed by atoms with Crippen LogP contribution in [-0.4, -0.2) is 35.8 Å². The van der Waals surface area contributed by atoms with E-state index < -0.39 is 6.04 Å². The summed E-state index contributed by atoms with van der Waals surface area (Å²) >= 11 is 0. The maximum Gasteiger partial charge on any atom is 0.251 e. The van der Waals surface area contributed by atoms with Crippen LogP contribution in [-0.2, 0) is 9.59 Å². The van der Waals surface area contributed by atoms with E-state index in [1.165, 1.54) is 0 Å². The fourth-order valence-corrected chi connectivity index (χ4v) is 3.53. The molecule has 6 nitrogen and oxygen atoms in total. The molecule has 0 bridgehead atoms. The first-order chi connectivity index (χ1) is 12.3. The molecule has 0 unspecified atom stereocenters. The Hall–Kier alpha value is -2.37. The number of carbonyl (C=O) groups is 3. The summed E-state index contributed by atoms with van der Waals surface area (Å²) < 4.78 is 0. The summed E-state index contributed by atoms with van der Waals surface area (Å²) in [6, 6.07) is 4.88. The molecule has 1 N–H and O–H groups in total. The van der Waals surface area contributed by atoms with Gasteiger partial charge in [-0.2, -0.15) is 0 Å². The van der Waals surface area contributed by atoms with E-state index in [0.29, 0.717) is 30.6 Å². The molecular weight excluding hydrogens is 330 g/mol. The minimum atomic E-state index is -0.403. The van der Waals surface area contributed by atoms with Crippen LogP contribution in [0.3, 0.4) is 0 Å². The van der Waals surface area contributed by atoms with Crippen LogP contribution in [0.15, 0.2) is 18.2 Å². The molecule has 1 saturated heterocycles. The van der Waals surface area contributed by atoms with E-state index in [1.807, 2.05) is 27.7 Å². The average Bonchev–Trinajstić information content (AvgIpc) is 3.00. The van der Waals surface area contributed by atoms with Crippen molar-refractivity contribution < 1.29 is 14.4 Å². The number of rotatable bonds is 5. The third-order valence-corrected chi connectivity index (χ3v) is 5.33. The van der Waals surface area contributed by atoms with E-state index in [9.17, 15) is 14.4 Å². The van der Waals surface area contributed by atoms with Gasteiger partial charge in [0.2, 0.25) is 11.8 Å². The maximum atomic E-state index is 12.9. The van der Waals surface area contributed by atoms with Gasteiger partial charge in [-0.05, 0) is 51.3 Å². The molecule has 0 aliphatic carbocycles. The van der Waals surface area contributed by atoms with Gasteiger partial charge in [0, 0.05) is 24.1 Å². The lowest BCUT2D eigenvalue weighted by molar-refractivity contribution is -0.122. The van der Waals surface area contributed by atoms with Gasteiger partial charge < -0.3 is 10.2 Å². The minimum Gasteiger partial charge on any atom is -0.347 e. The van der Waals surface area contributed by atoms with Crippen LogP contribution in [0.5, 0.6) is 0 Å². The molecule has 2 aliphatic rings. The van der Waals surface area contributed by atoms with Gasteiger partial charge in [0.15, 0.2) is 0 Å². The normalized spacial score (nSPS) is 19.5. The molecule has 0 aromatic heterocycles. The summed E-state index contributed by atoms with van der Waals surface area (Å²) in [5.41, 5.74) is 1.59. The van der Waals surface area contributed by atoms with Crippen LogP contribution in [0.2, 0.25) is 0 Å². The Morgan fingerprint density at radius 2 is 1.96 bits per heavy atom. The van der Waals surface area contributed by atoms with Crippen LogP contribution in [0.25, 0.3) is 0 Å². The van der Waals surface area contributed by atoms with Crippen molar-refractivity contribution in [2.75, 3.05) is 16.3 Å². The SMILES string of the molecule is CCCN1C(=O)[C@@H]2CCC(=O)N2c2ccc(C(=O)NC(C)(C)CC)cc21. The van der Waals surface area contributed by atoms with Gasteiger partial charge >= 0.3 is 0 Å². The molecular formula is C20H27N3O3. The van der Waals surface area contributed by atoms with Gasteiger partial charge in [-0.1, -0.05) is 13.8 Å². The second-order valence-electron chi connectivity index (χ2n) is 7.70. The molecule has 2 heterocycles.